The molecule has 0 saturated carbocycles. The van der Waals surface area contributed by atoms with Gasteiger partial charge in [0.05, 0.1) is 11.8 Å². The van der Waals surface area contributed by atoms with Crippen LogP contribution in [0.3, 0.4) is 0 Å². The molecule has 0 fully saturated rings. The van der Waals surface area contributed by atoms with Crippen LogP contribution in [0.2, 0.25) is 5.02 Å². The Balaban J connectivity index is 2.40. The minimum atomic E-state index is -0.0151. The summed E-state index contributed by atoms with van der Waals surface area (Å²) in [5, 5.41) is 0.693. The highest BCUT2D eigenvalue weighted by molar-refractivity contribution is 6.31. The van der Waals surface area contributed by atoms with Crippen molar-refractivity contribution in [2.75, 3.05) is 7.11 Å². The van der Waals surface area contributed by atoms with E-state index in [4.69, 9.17) is 16.3 Å². The highest BCUT2D eigenvalue weighted by Crippen LogP contribution is 2.29. The van der Waals surface area contributed by atoms with Crippen molar-refractivity contribution in [2.24, 2.45) is 0 Å². The molecular weight excluding hydrogens is 248 g/mol. The van der Waals surface area contributed by atoms with Gasteiger partial charge in [0.15, 0.2) is 0 Å². The first-order valence-electron chi connectivity index (χ1n) is 5.73. The molecule has 1 unspecified atom stereocenters. The maximum absolute atomic E-state index is 6.27. The van der Waals surface area contributed by atoms with Crippen molar-refractivity contribution in [1.29, 1.82) is 0 Å². The minimum absolute atomic E-state index is 0.0151. The predicted molar refractivity (Wildman–Crippen MR) is 72.6 cm³/mol. The lowest BCUT2D eigenvalue weighted by Gasteiger charge is -2.12. The Morgan fingerprint density at radius 1 is 1.22 bits per heavy atom. The topological polar surface area (TPSA) is 35.0 Å². The summed E-state index contributed by atoms with van der Waals surface area (Å²) in [6.45, 7) is 3.91. The van der Waals surface area contributed by atoms with Crippen LogP contribution in [-0.4, -0.2) is 17.1 Å². The van der Waals surface area contributed by atoms with Crippen LogP contribution >= 0.6 is 11.6 Å². The van der Waals surface area contributed by atoms with Gasteiger partial charge in [-0.05, 0) is 31.5 Å². The molecule has 94 valence electrons. The number of nitrogens with zero attached hydrogens (tertiary/aromatic N) is 2. The van der Waals surface area contributed by atoms with Crippen molar-refractivity contribution >= 4 is 11.6 Å². The molecule has 1 aromatic heterocycles. The second kappa shape index (κ2) is 5.46. The zero-order valence-corrected chi connectivity index (χ0v) is 11.4. The third kappa shape index (κ3) is 2.68. The standard InChI is InChI=1S/C14H15ClN2O/c1-9-6-14(17-8-16-9)11-4-5-12(10(2)18-3)13(15)7-11/h4-8,10H,1-3H3. The maximum atomic E-state index is 6.27. The number of rotatable bonds is 3. The Morgan fingerprint density at radius 3 is 2.61 bits per heavy atom. The Kier molecular flexibility index (Phi) is 3.94. The molecule has 0 aliphatic carbocycles. The normalized spacial score (nSPS) is 12.4. The Morgan fingerprint density at radius 2 is 2.00 bits per heavy atom. The number of halogens is 1. The predicted octanol–water partition coefficient (Wildman–Crippen LogP) is 3.81. The van der Waals surface area contributed by atoms with Gasteiger partial charge in [-0.1, -0.05) is 23.7 Å². The van der Waals surface area contributed by atoms with Gasteiger partial charge in [-0.2, -0.15) is 0 Å². The van der Waals surface area contributed by atoms with Crippen molar-refractivity contribution < 1.29 is 4.74 Å². The number of aryl methyl sites for hydroxylation is 1. The largest absolute Gasteiger partial charge is 0.377 e. The fourth-order valence-corrected chi connectivity index (χ4v) is 2.09. The molecule has 0 spiro atoms. The molecule has 0 N–H and O–H groups in total. The van der Waals surface area contributed by atoms with E-state index in [1.807, 2.05) is 38.1 Å². The monoisotopic (exact) mass is 262 g/mol. The molecule has 4 heteroatoms. The molecule has 1 aromatic carbocycles. The van der Waals surface area contributed by atoms with Crippen molar-refractivity contribution in [3.05, 3.63) is 46.9 Å². The molecule has 2 aromatic rings. The molecule has 1 atom stereocenters. The lowest BCUT2D eigenvalue weighted by atomic mass is 10.1. The zero-order valence-electron chi connectivity index (χ0n) is 10.6. The first-order chi connectivity index (χ1) is 8.61. The van der Waals surface area contributed by atoms with E-state index in [1.54, 1.807) is 13.4 Å². The average molecular weight is 263 g/mol. The third-order valence-corrected chi connectivity index (χ3v) is 3.22. The second-order valence-corrected chi connectivity index (χ2v) is 4.57. The molecule has 0 amide bonds. The molecule has 3 nitrogen and oxygen atoms in total. The SMILES string of the molecule is COC(C)c1ccc(-c2cc(C)ncn2)cc1Cl. The number of ether oxygens (including phenoxy) is 1. The average Bonchev–Trinajstić information content (AvgIpc) is 2.37. The molecule has 2 rings (SSSR count). The first kappa shape index (κ1) is 13.0. The fraction of sp³-hybridized carbons (Fsp3) is 0.286. The van der Waals surface area contributed by atoms with E-state index in [9.17, 15) is 0 Å². The van der Waals surface area contributed by atoms with E-state index in [2.05, 4.69) is 9.97 Å². The summed E-state index contributed by atoms with van der Waals surface area (Å²) in [5.41, 5.74) is 3.78. The maximum Gasteiger partial charge on any atom is 0.116 e. The third-order valence-electron chi connectivity index (χ3n) is 2.89. The number of hydrogen-bond acceptors (Lipinski definition) is 3. The number of hydrogen-bond donors (Lipinski definition) is 0. The van der Waals surface area contributed by atoms with Gasteiger partial charge >= 0.3 is 0 Å². The van der Waals surface area contributed by atoms with Gasteiger partial charge in [-0.3, -0.25) is 0 Å². The quantitative estimate of drug-likeness (QED) is 0.844. The van der Waals surface area contributed by atoms with Gasteiger partial charge in [0.2, 0.25) is 0 Å². The Hall–Kier alpha value is -1.45. The first-order valence-corrected chi connectivity index (χ1v) is 6.11. The van der Waals surface area contributed by atoms with E-state index in [1.165, 1.54) is 0 Å². The highest BCUT2D eigenvalue weighted by atomic mass is 35.5. The van der Waals surface area contributed by atoms with Crippen LogP contribution in [0.25, 0.3) is 11.3 Å². The van der Waals surface area contributed by atoms with Crippen molar-refractivity contribution in [1.82, 2.24) is 9.97 Å². The zero-order chi connectivity index (χ0) is 13.1. The molecule has 18 heavy (non-hydrogen) atoms. The van der Waals surface area contributed by atoms with E-state index in [-0.39, 0.29) is 6.10 Å². The van der Waals surface area contributed by atoms with E-state index in [0.29, 0.717) is 5.02 Å². The highest BCUT2D eigenvalue weighted by Gasteiger charge is 2.10. The van der Waals surface area contributed by atoms with E-state index < -0.39 is 0 Å². The summed E-state index contributed by atoms with van der Waals surface area (Å²) in [4.78, 5) is 8.33. The van der Waals surface area contributed by atoms with Crippen LogP contribution in [0, 0.1) is 6.92 Å². The van der Waals surface area contributed by atoms with Gasteiger partial charge in [-0.25, -0.2) is 9.97 Å². The number of aromatic nitrogens is 2. The van der Waals surface area contributed by atoms with Gasteiger partial charge in [-0.15, -0.1) is 0 Å². The molecule has 0 radical (unpaired) electrons. The summed E-state index contributed by atoms with van der Waals surface area (Å²) < 4.78 is 5.27. The number of methoxy groups -OCH3 is 1. The van der Waals surface area contributed by atoms with Crippen LogP contribution in [0.1, 0.15) is 24.3 Å². The lowest BCUT2D eigenvalue weighted by Crippen LogP contribution is -1.97. The van der Waals surface area contributed by atoms with Crippen LogP contribution in [-0.2, 0) is 4.74 Å². The molecule has 0 aliphatic heterocycles. The summed E-state index contributed by atoms with van der Waals surface area (Å²) in [7, 11) is 1.67. The van der Waals surface area contributed by atoms with Crippen molar-refractivity contribution in [3.8, 4) is 11.3 Å². The van der Waals surface area contributed by atoms with Crippen LogP contribution in [0.5, 0.6) is 0 Å². The lowest BCUT2D eigenvalue weighted by molar-refractivity contribution is 0.119. The second-order valence-electron chi connectivity index (χ2n) is 4.16. The summed E-state index contributed by atoms with van der Waals surface area (Å²) in [5.74, 6) is 0. The molecule has 1 heterocycles. The van der Waals surface area contributed by atoms with Crippen LogP contribution in [0.4, 0.5) is 0 Å². The fourth-order valence-electron chi connectivity index (χ4n) is 1.76. The van der Waals surface area contributed by atoms with E-state index in [0.717, 1.165) is 22.5 Å². The molecule has 0 bridgehead atoms. The van der Waals surface area contributed by atoms with Crippen LogP contribution < -0.4 is 0 Å². The minimum Gasteiger partial charge on any atom is -0.377 e. The summed E-state index contributed by atoms with van der Waals surface area (Å²) in [6.07, 6.45) is 1.54. The van der Waals surface area contributed by atoms with Gasteiger partial charge in [0.25, 0.3) is 0 Å². The number of benzene rings is 1. The van der Waals surface area contributed by atoms with Crippen molar-refractivity contribution in [2.45, 2.75) is 20.0 Å². The Labute approximate surface area is 112 Å². The summed E-state index contributed by atoms with van der Waals surface area (Å²) in [6, 6.07) is 7.82. The molecule has 0 saturated heterocycles. The van der Waals surface area contributed by atoms with Crippen molar-refractivity contribution in [3.63, 3.8) is 0 Å². The van der Waals surface area contributed by atoms with E-state index >= 15 is 0 Å². The molecular formula is C14H15ClN2O. The molecule has 0 aliphatic rings. The Bertz CT molecular complexity index is 557. The smallest absolute Gasteiger partial charge is 0.116 e. The summed E-state index contributed by atoms with van der Waals surface area (Å²) >= 11 is 6.27. The van der Waals surface area contributed by atoms with Crippen LogP contribution in [0.15, 0.2) is 30.6 Å². The van der Waals surface area contributed by atoms with Gasteiger partial charge < -0.3 is 4.74 Å². The van der Waals surface area contributed by atoms with Gasteiger partial charge in [0, 0.05) is 23.4 Å². The van der Waals surface area contributed by atoms with Gasteiger partial charge in [0.1, 0.15) is 6.33 Å².